The number of rotatable bonds is 4. The van der Waals surface area contributed by atoms with Gasteiger partial charge in [-0.2, -0.15) is 4.98 Å². The van der Waals surface area contributed by atoms with Crippen molar-refractivity contribution >= 4 is 22.4 Å². The van der Waals surface area contributed by atoms with E-state index in [0.29, 0.717) is 17.5 Å². The van der Waals surface area contributed by atoms with Gasteiger partial charge in [0.25, 0.3) is 0 Å². The quantitative estimate of drug-likeness (QED) is 0.523. The molecule has 0 unspecified atom stereocenters. The van der Waals surface area contributed by atoms with E-state index in [1.165, 1.54) is 6.07 Å². The van der Waals surface area contributed by atoms with Crippen LogP contribution in [0.3, 0.4) is 0 Å². The number of hydrogen-bond donors (Lipinski definition) is 1. The highest BCUT2D eigenvalue weighted by Crippen LogP contribution is 2.28. The number of aromatic nitrogens is 2. The van der Waals surface area contributed by atoms with Gasteiger partial charge >= 0.3 is 0 Å². The predicted molar refractivity (Wildman–Crippen MR) is 106 cm³/mol. The standard InChI is InChI=1S/C22H18FN3O/c1-14-6-9-18(23)12-19(14)16-8-7-15-11-21(24-13-17(15)10-16)25-20-4-3-5-22(26-20)27-2/h3-13H,1-2H3,(H,24,25,26). The highest BCUT2D eigenvalue weighted by atomic mass is 19.1. The van der Waals surface area contributed by atoms with Gasteiger partial charge in [-0.3, -0.25) is 0 Å². The fourth-order valence-electron chi connectivity index (χ4n) is 3.01. The maximum Gasteiger partial charge on any atom is 0.214 e. The molecule has 4 aromatic rings. The van der Waals surface area contributed by atoms with E-state index in [0.717, 1.165) is 27.5 Å². The van der Waals surface area contributed by atoms with E-state index in [1.54, 1.807) is 31.5 Å². The minimum atomic E-state index is -0.237. The lowest BCUT2D eigenvalue weighted by atomic mass is 9.98. The summed E-state index contributed by atoms with van der Waals surface area (Å²) < 4.78 is 18.8. The van der Waals surface area contributed by atoms with Crippen molar-refractivity contribution in [2.75, 3.05) is 12.4 Å². The van der Waals surface area contributed by atoms with E-state index in [2.05, 4.69) is 15.3 Å². The predicted octanol–water partition coefficient (Wildman–Crippen LogP) is 5.50. The van der Waals surface area contributed by atoms with Gasteiger partial charge in [-0.05, 0) is 59.3 Å². The van der Waals surface area contributed by atoms with Crippen LogP contribution >= 0.6 is 0 Å². The number of aryl methyl sites for hydroxylation is 1. The topological polar surface area (TPSA) is 47.0 Å². The molecule has 4 nitrogen and oxygen atoms in total. The number of ether oxygens (including phenoxy) is 1. The summed E-state index contributed by atoms with van der Waals surface area (Å²) in [7, 11) is 1.58. The largest absolute Gasteiger partial charge is 0.481 e. The summed E-state index contributed by atoms with van der Waals surface area (Å²) in [5.41, 5.74) is 2.89. The van der Waals surface area contributed by atoms with Gasteiger partial charge in [0.05, 0.1) is 7.11 Å². The zero-order chi connectivity index (χ0) is 18.8. The molecule has 134 valence electrons. The van der Waals surface area contributed by atoms with Crippen molar-refractivity contribution in [1.82, 2.24) is 9.97 Å². The van der Waals surface area contributed by atoms with Crippen LogP contribution in [-0.4, -0.2) is 17.1 Å². The second-order valence-electron chi connectivity index (χ2n) is 6.28. The molecule has 27 heavy (non-hydrogen) atoms. The number of anilines is 2. The van der Waals surface area contributed by atoms with Crippen molar-refractivity contribution in [3.63, 3.8) is 0 Å². The molecule has 0 amide bonds. The van der Waals surface area contributed by atoms with Gasteiger partial charge in [-0.25, -0.2) is 9.37 Å². The summed E-state index contributed by atoms with van der Waals surface area (Å²) in [6.45, 7) is 1.98. The number of halogens is 1. The third-order valence-corrected chi connectivity index (χ3v) is 4.42. The average molecular weight is 359 g/mol. The Morgan fingerprint density at radius 1 is 0.926 bits per heavy atom. The summed E-state index contributed by atoms with van der Waals surface area (Å²) in [6, 6.07) is 18.3. The van der Waals surface area contributed by atoms with Crippen LogP contribution in [0.15, 0.2) is 66.9 Å². The Kier molecular flexibility index (Phi) is 4.42. The molecule has 0 atom stereocenters. The molecule has 0 saturated carbocycles. The van der Waals surface area contributed by atoms with Crippen LogP contribution in [0.25, 0.3) is 21.9 Å². The summed E-state index contributed by atoms with van der Waals surface area (Å²) in [4.78, 5) is 8.80. The molecule has 0 aliphatic carbocycles. The number of pyridine rings is 2. The van der Waals surface area contributed by atoms with Crippen LogP contribution in [0.1, 0.15) is 5.56 Å². The summed E-state index contributed by atoms with van der Waals surface area (Å²) in [5, 5.41) is 5.20. The Morgan fingerprint density at radius 3 is 2.67 bits per heavy atom. The number of methoxy groups -OCH3 is 1. The van der Waals surface area contributed by atoms with Crippen LogP contribution in [0.4, 0.5) is 16.0 Å². The minimum absolute atomic E-state index is 0.237. The molecule has 0 aliphatic rings. The smallest absolute Gasteiger partial charge is 0.214 e. The third-order valence-electron chi connectivity index (χ3n) is 4.42. The number of nitrogens with one attached hydrogen (secondary N) is 1. The first kappa shape index (κ1) is 17.0. The first-order valence-corrected chi connectivity index (χ1v) is 8.57. The molecule has 0 bridgehead atoms. The van der Waals surface area contributed by atoms with Crippen molar-refractivity contribution in [3.8, 4) is 17.0 Å². The number of hydrogen-bond acceptors (Lipinski definition) is 4. The van der Waals surface area contributed by atoms with Crippen LogP contribution in [0, 0.1) is 12.7 Å². The van der Waals surface area contributed by atoms with Gasteiger partial charge in [0.15, 0.2) is 0 Å². The van der Waals surface area contributed by atoms with Crippen molar-refractivity contribution in [2.24, 2.45) is 0 Å². The van der Waals surface area contributed by atoms with Crippen molar-refractivity contribution in [3.05, 3.63) is 78.2 Å². The number of fused-ring (bicyclic) bond motifs is 1. The molecule has 2 aromatic carbocycles. The number of nitrogens with zero attached hydrogens (tertiary/aromatic N) is 2. The SMILES string of the molecule is COc1cccc(Nc2cc3ccc(-c4cc(F)ccc4C)cc3cn2)n1. The molecule has 0 aliphatic heterocycles. The molecule has 0 saturated heterocycles. The second kappa shape index (κ2) is 7.03. The highest BCUT2D eigenvalue weighted by Gasteiger charge is 2.06. The maximum atomic E-state index is 13.6. The molecule has 5 heteroatoms. The highest BCUT2D eigenvalue weighted by molar-refractivity contribution is 5.89. The van der Waals surface area contributed by atoms with Crippen LogP contribution < -0.4 is 10.1 Å². The van der Waals surface area contributed by atoms with E-state index in [1.807, 2.05) is 43.3 Å². The minimum Gasteiger partial charge on any atom is -0.481 e. The van der Waals surface area contributed by atoms with Crippen LogP contribution in [-0.2, 0) is 0 Å². The molecular formula is C22H18FN3O. The second-order valence-corrected chi connectivity index (χ2v) is 6.28. The monoisotopic (exact) mass is 359 g/mol. The van der Waals surface area contributed by atoms with Crippen molar-refractivity contribution < 1.29 is 9.13 Å². The zero-order valence-electron chi connectivity index (χ0n) is 15.0. The normalized spacial score (nSPS) is 10.8. The molecule has 4 rings (SSSR count). The van der Waals surface area contributed by atoms with Gasteiger partial charge in [-0.1, -0.05) is 24.3 Å². The van der Waals surface area contributed by atoms with Crippen LogP contribution in [0.2, 0.25) is 0 Å². The summed E-state index contributed by atoms with van der Waals surface area (Å²) in [6.07, 6.45) is 1.80. The number of benzene rings is 2. The van der Waals surface area contributed by atoms with E-state index in [9.17, 15) is 4.39 Å². The van der Waals surface area contributed by atoms with Crippen molar-refractivity contribution in [2.45, 2.75) is 6.92 Å². The Hall–Kier alpha value is -3.47. The molecular weight excluding hydrogens is 341 g/mol. The molecule has 2 heterocycles. The lowest BCUT2D eigenvalue weighted by Gasteiger charge is -2.10. The van der Waals surface area contributed by atoms with Gasteiger partial charge < -0.3 is 10.1 Å². The molecule has 0 spiro atoms. The average Bonchev–Trinajstić information content (AvgIpc) is 2.69. The fourth-order valence-corrected chi connectivity index (χ4v) is 3.01. The fraction of sp³-hybridized carbons (Fsp3) is 0.0909. The Balaban J connectivity index is 1.67. The van der Waals surface area contributed by atoms with Crippen molar-refractivity contribution in [1.29, 1.82) is 0 Å². The Bertz CT molecular complexity index is 1130. The summed E-state index contributed by atoms with van der Waals surface area (Å²) in [5.74, 6) is 1.65. The lowest BCUT2D eigenvalue weighted by molar-refractivity contribution is 0.398. The van der Waals surface area contributed by atoms with E-state index < -0.39 is 0 Å². The molecule has 2 aromatic heterocycles. The zero-order valence-corrected chi connectivity index (χ0v) is 15.0. The Labute approximate surface area is 156 Å². The van der Waals surface area contributed by atoms with Gasteiger partial charge in [0, 0.05) is 17.6 Å². The van der Waals surface area contributed by atoms with E-state index in [4.69, 9.17) is 4.74 Å². The molecule has 0 fully saturated rings. The lowest BCUT2D eigenvalue weighted by Crippen LogP contribution is -1.97. The Morgan fingerprint density at radius 2 is 1.81 bits per heavy atom. The summed E-state index contributed by atoms with van der Waals surface area (Å²) >= 11 is 0. The molecule has 0 radical (unpaired) electrons. The van der Waals surface area contributed by atoms with Crippen LogP contribution in [0.5, 0.6) is 5.88 Å². The van der Waals surface area contributed by atoms with Gasteiger partial charge in [-0.15, -0.1) is 0 Å². The third kappa shape index (κ3) is 3.58. The van der Waals surface area contributed by atoms with Gasteiger partial charge in [0.1, 0.15) is 17.5 Å². The molecule has 1 N–H and O–H groups in total. The van der Waals surface area contributed by atoms with E-state index in [-0.39, 0.29) is 5.82 Å². The van der Waals surface area contributed by atoms with E-state index >= 15 is 0 Å². The van der Waals surface area contributed by atoms with Gasteiger partial charge in [0.2, 0.25) is 5.88 Å². The first-order chi connectivity index (χ1) is 13.1. The first-order valence-electron chi connectivity index (χ1n) is 8.57. The maximum absolute atomic E-state index is 13.6.